The van der Waals surface area contributed by atoms with Crippen molar-refractivity contribution >= 4 is 11.8 Å². The highest BCUT2D eigenvalue weighted by atomic mass is 32.2. The maximum atomic E-state index is 9.72. The van der Waals surface area contributed by atoms with Crippen LogP contribution in [0.1, 0.15) is 18.6 Å². The number of aromatic nitrogens is 1. The Hall–Kier alpha value is -1.52. The molecule has 0 aliphatic carbocycles. The first kappa shape index (κ1) is 12.9. The van der Waals surface area contributed by atoms with Crippen LogP contribution in [0.2, 0.25) is 0 Å². The lowest BCUT2D eigenvalue weighted by Gasteiger charge is -2.11. The Morgan fingerprint density at radius 1 is 1.22 bits per heavy atom. The minimum atomic E-state index is -0.532. The molecule has 2 aromatic rings. The largest absolute Gasteiger partial charge is 0.496 e. The number of aliphatic hydroxyl groups excluding tert-OH is 1. The molecule has 1 heterocycles. The van der Waals surface area contributed by atoms with Gasteiger partial charge in [-0.05, 0) is 25.1 Å². The molecule has 0 amide bonds. The van der Waals surface area contributed by atoms with E-state index in [2.05, 4.69) is 4.98 Å². The predicted octanol–water partition coefficient (Wildman–Crippen LogP) is 3.29. The van der Waals surface area contributed by atoms with Gasteiger partial charge in [-0.15, -0.1) is 0 Å². The van der Waals surface area contributed by atoms with Gasteiger partial charge < -0.3 is 9.84 Å². The van der Waals surface area contributed by atoms with Gasteiger partial charge in [-0.1, -0.05) is 30.0 Å². The molecule has 2 rings (SSSR count). The monoisotopic (exact) mass is 261 g/mol. The minimum Gasteiger partial charge on any atom is -0.496 e. The summed E-state index contributed by atoms with van der Waals surface area (Å²) in [6.07, 6.45) is 1.19. The first-order chi connectivity index (χ1) is 8.72. The van der Waals surface area contributed by atoms with E-state index < -0.39 is 6.10 Å². The summed E-state index contributed by atoms with van der Waals surface area (Å²) in [5.74, 6) is 0.810. The molecule has 4 heteroatoms. The summed E-state index contributed by atoms with van der Waals surface area (Å²) in [5, 5.41) is 10.5. The van der Waals surface area contributed by atoms with Crippen LogP contribution in [0, 0.1) is 0 Å². The molecule has 0 spiro atoms. The van der Waals surface area contributed by atoms with Crippen LogP contribution in [0.3, 0.4) is 0 Å². The fraction of sp³-hybridized carbons (Fsp3) is 0.214. The molecule has 0 unspecified atom stereocenters. The molecule has 1 atom stereocenters. The van der Waals surface area contributed by atoms with Crippen LogP contribution in [0.15, 0.2) is 52.5 Å². The summed E-state index contributed by atoms with van der Waals surface area (Å²) >= 11 is 1.50. The fourth-order valence-electron chi connectivity index (χ4n) is 1.61. The van der Waals surface area contributed by atoms with Crippen molar-refractivity contribution in [2.75, 3.05) is 7.11 Å². The van der Waals surface area contributed by atoms with Crippen molar-refractivity contribution in [3.05, 3.63) is 48.2 Å². The van der Waals surface area contributed by atoms with E-state index >= 15 is 0 Å². The Morgan fingerprint density at radius 2 is 2.00 bits per heavy atom. The second-order valence-electron chi connectivity index (χ2n) is 3.83. The third-order valence-corrected chi connectivity index (χ3v) is 3.62. The number of nitrogens with zero attached hydrogens (tertiary/aromatic N) is 1. The van der Waals surface area contributed by atoms with Crippen LogP contribution in [0.4, 0.5) is 0 Å². The quantitative estimate of drug-likeness (QED) is 0.917. The Balaban J connectivity index is 2.34. The van der Waals surface area contributed by atoms with E-state index in [0.29, 0.717) is 0 Å². The van der Waals surface area contributed by atoms with Crippen molar-refractivity contribution in [3.63, 3.8) is 0 Å². The van der Waals surface area contributed by atoms with Crippen molar-refractivity contribution in [1.29, 1.82) is 0 Å². The molecule has 0 saturated carbocycles. The van der Waals surface area contributed by atoms with Crippen LogP contribution >= 0.6 is 11.8 Å². The maximum absolute atomic E-state index is 9.72. The molecule has 0 aliphatic heterocycles. The zero-order chi connectivity index (χ0) is 13.0. The topological polar surface area (TPSA) is 42.4 Å². The number of hydrogen-bond acceptors (Lipinski definition) is 4. The molecular formula is C14H15NO2S. The smallest absolute Gasteiger partial charge is 0.132 e. The fourth-order valence-corrected chi connectivity index (χ4v) is 2.69. The lowest BCUT2D eigenvalue weighted by atomic mass is 10.2. The maximum Gasteiger partial charge on any atom is 0.132 e. The second kappa shape index (κ2) is 5.89. The third kappa shape index (κ3) is 2.83. The number of aliphatic hydroxyl groups is 1. The van der Waals surface area contributed by atoms with Crippen molar-refractivity contribution in [2.24, 2.45) is 0 Å². The zero-order valence-electron chi connectivity index (χ0n) is 10.3. The summed E-state index contributed by atoms with van der Waals surface area (Å²) < 4.78 is 5.31. The van der Waals surface area contributed by atoms with E-state index in [1.807, 2.05) is 36.4 Å². The molecule has 1 N–H and O–H groups in total. The average molecular weight is 261 g/mol. The van der Waals surface area contributed by atoms with Crippen LogP contribution < -0.4 is 4.74 Å². The number of rotatable bonds is 4. The highest BCUT2D eigenvalue weighted by Gasteiger charge is 2.12. The van der Waals surface area contributed by atoms with E-state index in [1.165, 1.54) is 11.8 Å². The Morgan fingerprint density at radius 3 is 2.72 bits per heavy atom. The van der Waals surface area contributed by atoms with Gasteiger partial charge in [0.15, 0.2) is 0 Å². The summed E-state index contributed by atoms with van der Waals surface area (Å²) in [6.45, 7) is 1.74. The van der Waals surface area contributed by atoms with Gasteiger partial charge in [-0.25, -0.2) is 4.98 Å². The number of benzene rings is 1. The minimum absolute atomic E-state index is 0.532. The average Bonchev–Trinajstić information content (AvgIpc) is 2.40. The molecule has 0 saturated heterocycles. The van der Waals surface area contributed by atoms with Gasteiger partial charge >= 0.3 is 0 Å². The van der Waals surface area contributed by atoms with Crippen LogP contribution in [-0.2, 0) is 0 Å². The van der Waals surface area contributed by atoms with E-state index in [-0.39, 0.29) is 0 Å². The summed E-state index contributed by atoms with van der Waals surface area (Å²) in [5.41, 5.74) is 0.827. The van der Waals surface area contributed by atoms with Gasteiger partial charge in [0.05, 0.1) is 18.1 Å². The predicted molar refractivity (Wildman–Crippen MR) is 72.0 cm³/mol. The molecule has 0 bridgehead atoms. The normalized spacial score (nSPS) is 12.2. The standard InChI is InChI=1S/C14H15NO2S/c1-10(16)11-6-5-9-15-14(11)18-13-8-4-3-7-12(13)17-2/h3-10,16H,1-2H3/t10-/m1/s1. The van der Waals surface area contributed by atoms with E-state index in [9.17, 15) is 5.11 Å². The molecule has 0 aliphatic rings. The van der Waals surface area contributed by atoms with Gasteiger partial charge in [0, 0.05) is 11.8 Å². The summed E-state index contributed by atoms with van der Waals surface area (Å²) in [6, 6.07) is 11.5. The first-order valence-corrected chi connectivity index (χ1v) is 6.48. The summed E-state index contributed by atoms with van der Waals surface area (Å²) in [4.78, 5) is 5.30. The number of para-hydroxylation sites is 1. The molecule has 1 aromatic heterocycles. The van der Waals surface area contributed by atoms with E-state index in [0.717, 1.165) is 21.2 Å². The van der Waals surface area contributed by atoms with Crippen molar-refractivity contribution in [1.82, 2.24) is 4.98 Å². The summed E-state index contributed by atoms with van der Waals surface area (Å²) in [7, 11) is 1.65. The van der Waals surface area contributed by atoms with Crippen molar-refractivity contribution in [3.8, 4) is 5.75 Å². The number of pyridine rings is 1. The SMILES string of the molecule is COc1ccccc1Sc1ncccc1[C@@H](C)O. The highest BCUT2D eigenvalue weighted by Crippen LogP contribution is 2.36. The number of methoxy groups -OCH3 is 1. The number of hydrogen-bond donors (Lipinski definition) is 1. The molecule has 94 valence electrons. The molecule has 18 heavy (non-hydrogen) atoms. The van der Waals surface area contributed by atoms with Gasteiger partial charge in [0.25, 0.3) is 0 Å². The Bertz CT molecular complexity index is 529. The first-order valence-electron chi connectivity index (χ1n) is 5.66. The highest BCUT2D eigenvalue weighted by molar-refractivity contribution is 7.99. The third-order valence-electron chi connectivity index (χ3n) is 2.53. The van der Waals surface area contributed by atoms with Gasteiger partial charge in [0.2, 0.25) is 0 Å². The molecular weight excluding hydrogens is 246 g/mol. The van der Waals surface area contributed by atoms with Gasteiger partial charge in [-0.2, -0.15) is 0 Å². The molecule has 3 nitrogen and oxygen atoms in total. The Kier molecular flexibility index (Phi) is 4.23. The van der Waals surface area contributed by atoms with Crippen molar-refractivity contribution < 1.29 is 9.84 Å². The zero-order valence-corrected chi connectivity index (χ0v) is 11.1. The van der Waals surface area contributed by atoms with E-state index in [1.54, 1.807) is 20.2 Å². The Labute approximate surface area is 111 Å². The molecule has 0 fully saturated rings. The van der Waals surface area contributed by atoms with Crippen LogP contribution in [0.5, 0.6) is 5.75 Å². The molecule has 0 radical (unpaired) electrons. The lowest BCUT2D eigenvalue weighted by molar-refractivity contribution is 0.195. The number of ether oxygens (including phenoxy) is 1. The van der Waals surface area contributed by atoms with Gasteiger partial charge in [0.1, 0.15) is 10.8 Å². The van der Waals surface area contributed by atoms with Gasteiger partial charge in [-0.3, -0.25) is 0 Å². The second-order valence-corrected chi connectivity index (χ2v) is 4.86. The lowest BCUT2D eigenvalue weighted by Crippen LogP contribution is -1.96. The van der Waals surface area contributed by atoms with Crippen LogP contribution in [0.25, 0.3) is 0 Å². The van der Waals surface area contributed by atoms with Crippen LogP contribution in [-0.4, -0.2) is 17.2 Å². The van der Waals surface area contributed by atoms with E-state index in [4.69, 9.17) is 4.74 Å². The molecule has 1 aromatic carbocycles. The van der Waals surface area contributed by atoms with Crippen molar-refractivity contribution in [2.45, 2.75) is 22.9 Å².